The van der Waals surface area contributed by atoms with E-state index in [4.69, 9.17) is 11.6 Å². The fourth-order valence-corrected chi connectivity index (χ4v) is 2.94. The van der Waals surface area contributed by atoms with Crippen LogP contribution in [0.1, 0.15) is 28.5 Å². The minimum absolute atomic E-state index is 0.320. The molecule has 4 amide bonds. The van der Waals surface area contributed by atoms with Crippen molar-refractivity contribution >= 4 is 35.1 Å². The van der Waals surface area contributed by atoms with Crippen LogP contribution in [0.3, 0.4) is 0 Å². The number of nitrogens with one attached hydrogen (secondary N) is 3. The number of urea groups is 1. The van der Waals surface area contributed by atoms with E-state index in [1.807, 2.05) is 6.92 Å². The average molecular weight is 361 g/mol. The van der Waals surface area contributed by atoms with Crippen LogP contribution in [0.15, 0.2) is 30.3 Å². The summed E-state index contributed by atoms with van der Waals surface area (Å²) in [7, 11) is 1.71. The molecular formula is C17H17ClN4O3. The molecular weight excluding hydrogens is 344 g/mol. The van der Waals surface area contributed by atoms with E-state index >= 15 is 0 Å². The fourth-order valence-electron chi connectivity index (χ4n) is 2.80. The number of nitrogens with zero attached hydrogens (tertiary/aromatic N) is 1. The monoisotopic (exact) mass is 360 g/mol. The van der Waals surface area contributed by atoms with Gasteiger partial charge in [0.25, 0.3) is 11.8 Å². The third-order valence-electron chi connectivity index (χ3n) is 4.31. The molecule has 130 valence electrons. The van der Waals surface area contributed by atoms with Crippen molar-refractivity contribution in [1.29, 1.82) is 0 Å². The lowest BCUT2D eigenvalue weighted by Gasteiger charge is -2.21. The lowest BCUT2D eigenvalue weighted by atomic mass is 9.92. The smallest absolute Gasteiger partial charge is 0.322 e. The molecule has 25 heavy (non-hydrogen) atoms. The number of hydrogen-bond acceptors (Lipinski definition) is 3. The molecule has 1 aliphatic heterocycles. The molecule has 0 saturated carbocycles. The van der Waals surface area contributed by atoms with Crippen LogP contribution in [-0.2, 0) is 17.4 Å². The van der Waals surface area contributed by atoms with Gasteiger partial charge < -0.3 is 15.2 Å². The first kappa shape index (κ1) is 17.0. The quantitative estimate of drug-likeness (QED) is 0.733. The highest BCUT2D eigenvalue weighted by Gasteiger charge is 2.43. The molecule has 1 aromatic heterocycles. The summed E-state index contributed by atoms with van der Waals surface area (Å²) in [6.45, 7) is 3.43. The number of hydrogen-bond donors (Lipinski definition) is 3. The predicted molar refractivity (Wildman–Crippen MR) is 93.6 cm³/mol. The van der Waals surface area contributed by atoms with Gasteiger partial charge in [0.15, 0.2) is 0 Å². The van der Waals surface area contributed by atoms with Crippen LogP contribution in [-0.4, -0.2) is 22.4 Å². The van der Waals surface area contributed by atoms with Crippen molar-refractivity contribution < 1.29 is 14.4 Å². The molecule has 3 N–H and O–H groups in total. The number of aromatic nitrogens is 1. The summed E-state index contributed by atoms with van der Waals surface area (Å²) in [5, 5.41) is 8.09. The summed E-state index contributed by atoms with van der Waals surface area (Å²) in [6, 6.07) is 7.93. The third kappa shape index (κ3) is 2.87. The van der Waals surface area contributed by atoms with Gasteiger partial charge in [-0.25, -0.2) is 4.79 Å². The number of anilines is 1. The van der Waals surface area contributed by atoms with Gasteiger partial charge in [0, 0.05) is 12.7 Å². The SMILES string of the molecule is Cc1cc(C(=O)Nc2cccc(C3(C)NC(=O)NC3=O)c2)n(C)c1Cl. The maximum Gasteiger partial charge on any atom is 0.322 e. The van der Waals surface area contributed by atoms with Crippen LogP contribution in [0.25, 0.3) is 0 Å². The van der Waals surface area contributed by atoms with Crippen molar-refractivity contribution in [1.82, 2.24) is 15.2 Å². The summed E-state index contributed by atoms with van der Waals surface area (Å²) in [5.41, 5.74) is 1.12. The number of imide groups is 1. The van der Waals surface area contributed by atoms with E-state index in [0.717, 1.165) is 5.56 Å². The molecule has 1 unspecified atom stereocenters. The van der Waals surface area contributed by atoms with Crippen molar-refractivity contribution in [3.05, 3.63) is 52.3 Å². The molecule has 8 heteroatoms. The molecule has 2 aromatic rings. The molecule has 0 spiro atoms. The summed E-state index contributed by atoms with van der Waals surface area (Å²) in [4.78, 5) is 36.0. The fraction of sp³-hybridized carbons (Fsp3) is 0.235. The van der Waals surface area contributed by atoms with Gasteiger partial charge in [-0.05, 0) is 43.2 Å². The Morgan fingerprint density at radius 3 is 2.56 bits per heavy atom. The standard InChI is InChI=1S/C17H17ClN4O3/c1-9-7-12(22(3)13(9)18)14(23)19-11-6-4-5-10(8-11)17(2)15(24)20-16(25)21-17/h4-8H,1-3H3,(H,19,23)(H2,20,21,24,25). The van der Waals surface area contributed by atoms with E-state index in [9.17, 15) is 14.4 Å². The maximum atomic E-state index is 12.5. The van der Waals surface area contributed by atoms with E-state index in [-0.39, 0.29) is 5.91 Å². The van der Waals surface area contributed by atoms with Crippen LogP contribution in [0.2, 0.25) is 5.15 Å². The molecule has 1 aromatic carbocycles. The van der Waals surface area contributed by atoms with Crippen LogP contribution >= 0.6 is 11.6 Å². The van der Waals surface area contributed by atoms with E-state index in [1.54, 1.807) is 48.9 Å². The van der Waals surface area contributed by atoms with E-state index in [1.165, 1.54) is 0 Å². The highest BCUT2D eigenvalue weighted by atomic mass is 35.5. The van der Waals surface area contributed by atoms with E-state index in [0.29, 0.717) is 22.1 Å². The first-order chi connectivity index (χ1) is 11.7. The topological polar surface area (TPSA) is 92.2 Å². The second-order valence-corrected chi connectivity index (χ2v) is 6.49. The maximum absolute atomic E-state index is 12.5. The van der Waals surface area contributed by atoms with Crippen LogP contribution < -0.4 is 16.0 Å². The minimum Gasteiger partial charge on any atom is -0.331 e. The minimum atomic E-state index is -1.18. The zero-order valence-corrected chi connectivity index (χ0v) is 14.7. The van der Waals surface area contributed by atoms with Gasteiger partial charge in [0.2, 0.25) is 0 Å². The second kappa shape index (κ2) is 5.93. The Kier molecular flexibility index (Phi) is 4.04. The third-order valence-corrected chi connectivity index (χ3v) is 4.86. The lowest BCUT2D eigenvalue weighted by Crippen LogP contribution is -2.40. The van der Waals surface area contributed by atoms with E-state index in [2.05, 4.69) is 16.0 Å². The number of rotatable bonds is 3. The molecule has 0 radical (unpaired) electrons. The average Bonchev–Trinajstić information content (AvgIpc) is 2.98. The lowest BCUT2D eigenvalue weighted by molar-refractivity contribution is -0.123. The second-order valence-electron chi connectivity index (χ2n) is 6.13. The van der Waals surface area contributed by atoms with Crippen molar-refractivity contribution in [3.63, 3.8) is 0 Å². The number of halogens is 1. The molecule has 1 aliphatic rings. The van der Waals surface area contributed by atoms with Gasteiger partial charge in [-0.1, -0.05) is 23.7 Å². The molecule has 7 nitrogen and oxygen atoms in total. The number of amides is 4. The normalized spacial score (nSPS) is 19.5. The van der Waals surface area contributed by atoms with Crippen molar-refractivity contribution in [2.24, 2.45) is 7.05 Å². The Hall–Kier alpha value is -2.80. The van der Waals surface area contributed by atoms with Crippen LogP contribution in [0.5, 0.6) is 0 Å². The Bertz CT molecular complexity index is 905. The van der Waals surface area contributed by atoms with E-state index < -0.39 is 17.5 Å². The number of carbonyl (C=O) groups is 3. The molecule has 1 fully saturated rings. The molecule has 2 heterocycles. The van der Waals surface area contributed by atoms with Crippen molar-refractivity contribution in [3.8, 4) is 0 Å². The highest BCUT2D eigenvalue weighted by molar-refractivity contribution is 6.30. The molecule has 0 aliphatic carbocycles. The van der Waals surface area contributed by atoms with Gasteiger partial charge in [0.05, 0.1) is 0 Å². The Morgan fingerprint density at radius 2 is 2.00 bits per heavy atom. The molecule has 3 rings (SSSR count). The summed E-state index contributed by atoms with van der Waals surface area (Å²) in [6.07, 6.45) is 0. The Balaban J connectivity index is 1.87. The highest BCUT2D eigenvalue weighted by Crippen LogP contribution is 2.27. The van der Waals surface area contributed by atoms with Crippen LogP contribution in [0.4, 0.5) is 10.5 Å². The Labute approximate surface area is 149 Å². The van der Waals surface area contributed by atoms with Gasteiger partial charge in [-0.2, -0.15) is 0 Å². The van der Waals surface area contributed by atoms with Crippen molar-refractivity contribution in [2.45, 2.75) is 19.4 Å². The number of aryl methyl sites for hydroxylation is 1. The molecule has 1 atom stereocenters. The van der Waals surface area contributed by atoms with Gasteiger partial charge in [0.1, 0.15) is 16.4 Å². The zero-order valence-electron chi connectivity index (χ0n) is 13.9. The first-order valence-corrected chi connectivity index (χ1v) is 7.97. The van der Waals surface area contributed by atoms with Gasteiger partial charge in [-0.3, -0.25) is 14.9 Å². The molecule has 0 bridgehead atoms. The molecule has 1 saturated heterocycles. The summed E-state index contributed by atoms with van der Waals surface area (Å²) in [5.74, 6) is -0.759. The number of benzene rings is 1. The summed E-state index contributed by atoms with van der Waals surface area (Å²) >= 11 is 6.10. The van der Waals surface area contributed by atoms with Gasteiger partial charge in [-0.15, -0.1) is 0 Å². The van der Waals surface area contributed by atoms with Crippen molar-refractivity contribution in [2.75, 3.05) is 5.32 Å². The number of carbonyl (C=O) groups excluding carboxylic acids is 3. The first-order valence-electron chi connectivity index (χ1n) is 7.59. The Morgan fingerprint density at radius 1 is 1.28 bits per heavy atom. The largest absolute Gasteiger partial charge is 0.331 e. The zero-order chi connectivity index (χ0) is 18.4. The summed E-state index contributed by atoms with van der Waals surface area (Å²) < 4.78 is 1.60. The van der Waals surface area contributed by atoms with Crippen LogP contribution in [0, 0.1) is 6.92 Å². The predicted octanol–water partition coefficient (Wildman–Crippen LogP) is 2.29. The van der Waals surface area contributed by atoms with Gasteiger partial charge >= 0.3 is 6.03 Å².